The van der Waals surface area contributed by atoms with Gasteiger partial charge in [-0.25, -0.2) is 0 Å². The molecule has 0 aliphatic heterocycles. The highest BCUT2D eigenvalue weighted by atomic mass is 32.2. The van der Waals surface area contributed by atoms with E-state index >= 15 is 0 Å². The molecule has 2 rings (SSSR count). The zero-order chi connectivity index (χ0) is 28.3. The molecule has 10 heteroatoms. The van der Waals surface area contributed by atoms with Crippen LogP contribution in [0.2, 0.25) is 0 Å². The molecule has 0 radical (unpaired) electrons. The lowest BCUT2D eigenvalue weighted by Crippen LogP contribution is -2.10. The second-order valence-electron chi connectivity index (χ2n) is 8.86. The molecule has 7 nitrogen and oxygen atoms in total. The summed E-state index contributed by atoms with van der Waals surface area (Å²) in [5, 5.41) is 10.1. The highest BCUT2D eigenvalue weighted by Crippen LogP contribution is 2.48. The van der Waals surface area contributed by atoms with Gasteiger partial charge in [-0.05, 0) is 60.7 Å². The number of rotatable bonds is 15. The third-order valence-corrected chi connectivity index (χ3v) is 8.88. The Morgan fingerprint density at radius 1 is 1.03 bits per heavy atom. The van der Waals surface area contributed by atoms with Crippen molar-refractivity contribution in [1.82, 2.24) is 0 Å². The van der Waals surface area contributed by atoms with Crippen LogP contribution in [0.3, 0.4) is 0 Å². The van der Waals surface area contributed by atoms with Crippen LogP contribution in [0.25, 0.3) is 0 Å². The summed E-state index contributed by atoms with van der Waals surface area (Å²) in [6.07, 6.45) is 2.20. The van der Waals surface area contributed by atoms with E-state index in [0.717, 1.165) is 51.3 Å². The molecule has 0 aliphatic carbocycles. The number of aryl methyl sites for hydroxylation is 2. The molecule has 0 fully saturated rings. The zero-order valence-electron chi connectivity index (χ0n) is 22.7. The van der Waals surface area contributed by atoms with Gasteiger partial charge < -0.3 is 18.9 Å². The number of phenols is 1. The lowest BCUT2D eigenvalue weighted by molar-refractivity contribution is -0.109. The van der Waals surface area contributed by atoms with Gasteiger partial charge in [-0.1, -0.05) is 48.7 Å². The normalized spacial score (nSPS) is 12.2. The first-order valence-corrected chi connectivity index (χ1v) is 16.0. The lowest BCUT2D eigenvalue weighted by atomic mass is 9.92. The molecule has 2 aromatic carbocycles. The molecule has 0 spiro atoms. The number of hydrogen-bond donors (Lipinski definition) is 1. The van der Waals surface area contributed by atoms with Gasteiger partial charge in [-0.2, -0.15) is 0 Å². The Labute approximate surface area is 234 Å². The molecule has 0 aliphatic rings. The van der Waals surface area contributed by atoms with E-state index < -0.39 is 7.60 Å². The van der Waals surface area contributed by atoms with Gasteiger partial charge in [0, 0.05) is 36.8 Å². The summed E-state index contributed by atoms with van der Waals surface area (Å²) < 4.78 is 30.2. The van der Waals surface area contributed by atoms with Crippen LogP contribution in [0, 0.1) is 13.8 Å². The van der Waals surface area contributed by atoms with E-state index in [4.69, 9.17) is 13.8 Å². The minimum atomic E-state index is -3.63. The molecule has 38 heavy (non-hydrogen) atoms. The van der Waals surface area contributed by atoms with Gasteiger partial charge in [0.15, 0.2) is 16.6 Å². The second kappa shape index (κ2) is 15.5. The molecule has 0 saturated heterocycles. The van der Waals surface area contributed by atoms with Crippen molar-refractivity contribution in [3.63, 3.8) is 0 Å². The van der Waals surface area contributed by atoms with Gasteiger partial charge in [0.1, 0.15) is 11.5 Å². The average Bonchev–Trinajstić information content (AvgIpc) is 2.86. The van der Waals surface area contributed by atoms with E-state index in [-0.39, 0.29) is 41.5 Å². The molecule has 1 N–H and O–H groups in total. The van der Waals surface area contributed by atoms with Crippen LogP contribution in [0.15, 0.2) is 43.0 Å². The molecule has 1 atom stereocenters. The topological polar surface area (TPSA) is 99.1 Å². The Kier molecular flexibility index (Phi) is 13.2. The van der Waals surface area contributed by atoms with Crippen molar-refractivity contribution in [2.75, 3.05) is 31.1 Å². The zero-order valence-corrected chi connectivity index (χ0v) is 25.2. The van der Waals surface area contributed by atoms with Crippen LogP contribution >= 0.6 is 31.1 Å². The number of phenolic OH excluding ortho intramolecular Hbond substituents is 1. The van der Waals surface area contributed by atoms with Crippen LogP contribution in [0.1, 0.15) is 54.5 Å². The molecular formula is C28H37O7PS2. The molecule has 0 amide bonds. The van der Waals surface area contributed by atoms with Crippen molar-refractivity contribution in [3.8, 4) is 11.5 Å². The third-order valence-electron chi connectivity index (χ3n) is 5.73. The number of carbonyl (C=O) groups excluding carboxylic acids is 2. The van der Waals surface area contributed by atoms with Crippen LogP contribution in [0.5, 0.6) is 11.5 Å². The second-order valence-corrected chi connectivity index (χ2v) is 13.4. The average molecular weight is 581 g/mol. The summed E-state index contributed by atoms with van der Waals surface area (Å²) in [5.74, 6) is 1.53. The maximum Gasteiger partial charge on any atom is 0.367 e. The number of hydrogen-bond acceptors (Lipinski definition) is 9. The Bertz CT molecular complexity index is 1130. The first-order valence-electron chi connectivity index (χ1n) is 12.3. The van der Waals surface area contributed by atoms with Crippen molar-refractivity contribution >= 4 is 41.4 Å². The van der Waals surface area contributed by atoms with Crippen molar-refractivity contribution < 1.29 is 33.0 Å². The van der Waals surface area contributed by atoms with Crippen molar-refractivity contribution in [2.45, 2.75) is 47.0 Å². The smallest absolute Gasteiger partial charge is 0.367 e. The Hall–Kier alpha value is -2.03. The maximum atomic E-state index is 13.3. The molecule has 0 saturated carbocycles. The summed E-state index contributed by atoms with van der Waals surface area (Å²) in [6, 6.07) is 9.41. The molecule has 1 unspecified atom stereocenters. The highest BCUT2D eigenvalue weighted by molar-refractivity contribution is 8.13. The SMILES string of the molecule is C=CC(C)c1cc(Cc2c(C)cc(OCP(=O)(OCCSC(C)=O)OCCSC(C)=O)cc2C)ccc1O. The molecule has 0 heterocycles. The van der Waals surface area contributed by atoms with Crippen LogP contribution in [0.4, 0.5) is 0 Å². The number of benzene rings is 2. The number of ether oxygens (including phenoxy) is 1. The minimum Gasteiger partial charge on any atom is -0.508 e. The van der Waals surface area contributed by atoms with Crippen LogP contribution < -0.4 is 4.74 Å². The van der Waals surface area contributed by atoms with Gasteiger partial charge in [-0.3, -0.25) is 14.2 Å². The van der Waals surface area contributed by atoms with Gasteiger partial charge >= 0.3 is 7.60 Å². The summed E-state index contributed by atoms with van der Waals surface area (Å²) in [6.45, 7) is 12.9. The molecule has 0 bridgehead atoms. The lowest BCUT2D eigenvalue weighted by Gasteiger charge is -2.20. The fourth-order valence-corrected chi connectivity index (χ4v) is 6.14. The Balaban J connectivity index is 2.12. The summed E-state index contributed by atoms with van der Waals surface area (Å²) in [5.41, 5.74) is 5.08. The molecule has 0 aromatic heterocycles. The highest BCUT2D eigenvalue weighted by Gasteiger charge is 2.26. The van der Waals surface area contributed by atoms with Gasteiger partial charge in [-0.15, -0.1) is 6.58 Å². The van der Waals surface area contributed by atoms with E-state index in [0.29, 0.717) is 23.7 Å². The molecular weight excluding hydrogens is 543 g/mol. The van der Waals surface area contributed by atoms with E-state index in [9.17, 15) is 19.3 Å². The molecule has 208 valence electrons. The largest absolute Gasteiger partial charge is 0.508 e. The van der Waals surface area contributed by atoms with Gasteiger partial charge in [0.25, 0.3) is 0 Å². The van der Waals surface area contributed by atoms with E-state index in [1.807, 2.05) is 45.0 Å². The predicted octanol–water partition coefficient (Wildman–Crippen LogP) is 7.01. The van der Waals surface area contributed by atoms with Gasteiger partial charge in [0.05, 0.1) is 13.2 Å². The number of carbonyl (C=O) groups is 2. The van der Waals surface area contributed by atoms with Crippen LogP contribution in [-0.2, 0) is 29.6 Å². The van der Waals surface area contributed by atoms with Crippen molar-refractivity contribution in [3.05, 3.63) is 70.8 Å². The number of allylic oxidation sites excluding steroid dienone is 1. The molecule has 2 aromatic rings. The minimum absolute atomic E-state index is 0.0372. The predicted molar refractivity (Wildman–Crippen MR) is 157 cm³/mol. The summed E-state index contributed by atoms with van der Waals surface area (Å²) in [7, 11) is -3.63. The first kappa shape index (κ1) is 32.2. The monoisotopic (exact) mass is 580 g/mol. The fourth-order valence-electron chi connectivity index (χ4n) is 3.71. The van der Waals surface area contributed by atoms with Gasteiger partial charge in [0.2, 0.25) is 0 Å². The summed E-state index contributed by atoms with van der Waals surface area (Å²) in [4.78, 5) is 22.3. The third kappa shape index (κ3) is 10.6. The van der Waals surface area contributed by atoms with E-state index in [2.05, 4.69) is 6.58 Å². The Morgan fingerprint density at radius 2 is 1.58 bits per heavy atom. The first-order chi connectivity index (χ1) is 17.9. The van der Waals surface area contributed by atoms with Crippen molar-refractivity contribution in [1.29, 1.82) is 0 Å². The van der Waals surface area contributed by atoms with Crippen LogP contribution in [-0.4, -0.2) is 46.4 Å². The number of thioether (sulfide) groups is 2. The number of aromatic hydroxyl groups is 1. The standard InChI is InChI=1S/C28H37O7PS2/c1-7-19(2)27-17-24(8-9-28(27)31)16-26-20(3)14-25(15-21(26)4)33-18-36(32,34-10-12-37-22(5)29)35-11-13-38-23(6)30/h7-9,14-15,17,19,31H,1,10-13,16,18H2,2-6H3. The summed E-state index contributed by atoms with van der Waals surface area (Å²) >= 11 is 2.16. The fraction of sp³-hybridized carbons (Fsp3) is 0.429. The Morgan fingerprint density at radius 3 is 2.08 bits per heavy atom. The van der Waals surface area contributed by atoms with E-state index in [1.165, 1.54) is 13.8 Å². The van der Waals surface area contributed by atoms with Crippen molar-refractivity contribution in [2.24, 2.45) is 0 Å². The van der Waals surface area contributed by atoms with E-state index in [1.54, 1.807) is 12.1 Å². The quantitative estimate of drug-likeness (QED) is 0.135. The maximum absolute atomic E-state index is 13.3.